The fourth-order valence-corrected chi connectivity index (χ4v) is 4.68. The number of aromatic carboxylic acids is 1. The third-order valence-electron chi connectivity index (χ3n) is 6.60. The molecule has 0 amide bonds. The summed E-state index contributed by atoms with van der Waals surface area (Å²) < 4.78 is 12.0. The van der Waals surface area contributed by atoms with Gasteiger partial charge in [0.05, 0.1) is 24.4 Å². The third kappa shape index (κ3) is 5.18. The van der Waals surface area contributed by atoms with Gasteiger partial charge in [-0.15, -0.1) is 0 Å². The lowest BCUT2D eigenvalue weighted by molar-refractivity contribution is -0.0262. The van der Waals surface area contributed by atoms with Gasteiger partial charge in [-0.2, -0.15) is 0 Å². The molecule has 1 aromatic heterocycles. The molecule has 6 heteroatoms. The molecule has 0 aliphatic heterocycles. The number of aromatic nitrogens is 1. The maximum Gasteiger partial charge on any atom is 0.336 e. The van der Waals surface area contributed by atoms with Crippen molar-refractivity contribution in [3.63, 3.8) is 0 Å². The summed E-state index contributed by atoms with van der Waals surface area (Å²) in [5.41, 5.74) is 4.25. The molecular weight excluding hydrogens is 418 g/mol. The number of carboxylic acid groups (broad SMARTS) is 1. The Hall–Kier alpha value is -2.96. The van der Waals surface area contributed by atoms with Crippen LogP contribution in [0.15, 0.2) is 46.9 Å². The highest BCUT2D eigenvalue weighted by Gasteiger charge is 2.31. The van der Waals surface area contributed by atoms with Gasteiger partial charge in [0.25, 0.3) is 0 Å². The number of ether oxygens (including phenoxy) is 1. The molecule has 3 atom stereocenters. The number of carbonyl (C=O) groups is 1. The number of carboxylic acids is 1. The highest BCUT2D eigenvalue weighted by molar-refractivity contribution is 5.91. The van der Waals surface area contributed by atoms with Crippen molar-refractivity contribution >= 4 is 5.97 Å². The largest absolute Gasteiger partial charge is 0.478 e. The van der Waals surface area contributed by atoms with Gasteiger partial charge in [-0.25, -0.2) is 9.78 Å². The molecule has 6 nitrogen and oxygen atoms in total. The van der Waals surface area contributed by atoms with E-state index in [4.69, 9.17) is 9.15 Å². The first kappa shape index (κ1) is 23.2. The molecule has 3 aromatic rings. The van der Waals surface area contributed by atoms with E-state index in [1.165, 1.54) is 5.56 Å². The van der Waals surface area contributed by atoms with Crippen LogP contribution < -0.4 is 0 Å². The number of hydrogen-bond donors (Lipinski definition) is 2. The summed E-state index contributed by atoms with van der Waals surface area (Å²) in [4.78, 5) is 16.4. The molecule has 0 bridgehead atoms. The van der Waals surface area contributed by atoms with Gasteiger partial charge < -0.3 is 19.4 Å². The standard InChI is InChI=1S/C27H31NO5/c1-16-10-12-19(13-11-16)26-28-23(18(3)33-26)15-32-21-8-5-7-20(14-21)25(29)22-9-4-6-17(2)24(22)27(30)31/h4,6,9-13,20-21,25,29H,5,7-8,14-15H2,1-3H3,(H,30,31). The molecule has 0 radical (unpaired) electrons. The molecule has 1 saturated carbocycles. The van der Waals surface area contributed by atoms with Crippen molar-refractivity contribution in [1.29, 1.82) is 0 Å². The second-order valence-electron chi connectivity index (χ2n) is 9.04. The van der Waals surface area contributed by atoms with Gasteiger partial charge in [0, 0.05) is 5.56 Å². The van der Waals surface area contributed by atoms with E-state index >= 15 is 0 Å². The summed E-state index contributed by atoms with van der Waals surface area (Å²) in [6, 6.07) is 13.3. The number of rotatable bonds is 7. The normalized spacial score (nSPS) is 19.4. The van der Waals surface area contributed by atoms with E-state index in [9.17, 15) is 15.0 Å². The van der Waals surface area contributed by atoms with Crippen LogP contribution in [0.3, 0.4) is 0 Å². The summed E-state index contributed by atoms with van der Waals surface area (Å²) in [7, 11) is 0. The third-order valence-corrected chi connectivity index (χ3v) is 6.60. The predicted molar refractivity (Wildman–Crippen MR) is 125 cm³/mol. The fourth-order valence-electron chi connectivity index (χ4n) is 4.68. The lowest BCUT2D eigenvalue weighted by atomic mass is 9.80. The average Bonchev–Trinajstić information content (AvgIpc) is 3.17. The number of hydrogen-bond acceptors (Lipinski definition) is 5. The smallest absolute Gasteiger partial charge is 0.336 e. The Bertz CT molecular complexity index is 1120. The second-order valence-corrected chi connectivity index (χ2v) is 9.04. The summed E-state index contributed by atoms with van der Waals surface area (Å²) in [6.07, 6.45) is 2.50. The van der Waals surface area contributed by atoms with Crippen molar-refractivity contribution in [3.8, 4) is 11.5 Å². The maximum atomic E-state index is 11.8. The Morgan fingerprint density at radius 2 is 1.91 bits per heavy atom. The minimum absolute atomic E-state index is 0.0181. The minimum Gasteiger partial charge on any atom is -0.478 e. The first-order valence-corrected chi connectivity index (χ1v) is 11.5. The van der Waals surface area contributed by atoms with Gasteiger partial charge in [0.15, 0.2) is 0 Å². The van der Waals surface area contributed by atoms with Crippen LogP contribution in [-0.4, -0.2) is 27.3 Å². The van der Waals surface area contributed by atoms with Crippen LogP contribution in [0, 0.1) is 26.7 Å². The molecule has 0 spiro atoms. The number of benzene rings is 2. The zero-order valence-electron chi connectivity index (χ0n) is 19.4. The van der Waals surface area contributed by atoms with Gasteiger partial charge in [-0.05, 0) is 69.2 Å². The molecule has 1 aliphatic rings. The SMILES string of the molecule is Cc1ccc(-c2nc(COC3CCCC(C(O)c4cccc(C)c4C(=O)O)C3)c(C)o2)cc1. The van der Waals surface area contributed by atoms with Crippen LogP contribution in [0.25, 0.3) is 11.5 Å². The number of aliphatic hydroxyl groups is 1. The van der Waals surface area contributed by atoms with E-state index in [1.54, 1.807) is 25.1 Å². The number of oxazole rings is 1. The minimum atomic E-state index is -1.00. The summed E-state index contributed by atoms with van der Waals surface area (Å²) in [6.45, 7) is 6.04. The first-order valence-electron chi connectivity index (χ1n) is 11.5. The Morgan fingerprint density at radius 3 is 2.64 bits per heavy atom. The van der Waals surface area contributed by atoms with Crippen LogP contribution in [0.1, 0.15) is 70.3 Å². The molecular formula is C27H31NO5. The van der Waals surface area contributed by atoms with Gasteiger partial charge in [-0.3, -0.25) is 0 Å². The molecule has 1 heterocycles. The molecule has 2 aromatic carbocycles. The monoisotopic (exact) mass is 449 g/mol. The van der Waals surface area contributed by atoms with Crippen molar-refractivity contribution in [2.24, 2.45) is 5.92 Å². The summed E-state index contributed by atoms with van der Waals surface area (Å²) >= 11 is 0. The van der Waals surface area contributed by atoms with E-state index in [0.29, 0.717) is 30.0 Å². The average molecular weight is 450 g/mol. The number of aryl methyl sites for hydroxylation is 3. The zero-order chi connectivity index (χ0) is 23.5. The quantitative estimate of drug-likeness (QED) is 0.475. The first-order chi connectivity index (χ1) is 15.8. The van der Waals surface area contributed by atoms with Gasteiger partial charge >= 0.3 is 5.97 Å². The van der Waals surface area contributed by atoms with Crippen molar-refractivity contribution in [2.75, 3.05) is 0 Å². The topological polar surface area (TPSA) is 92.8 Å². The van der Waals surface area contributed by atoms with Crippen molar-refractivity contribution < 1.29 is 24.2 Å². The Kier molecular flexibility index (Phi) is 6.96. The molecule has 3 unspecified atom stereocenters. The predicted octanol–water partition coefficient (Wildman–Crippen LogP) is 5.77. The summed E-state index contributed by atoms with van der Waals surface area (Å²) in [5.74, 6) is 0.273. The van der Waals surface area contributed by atoms with Crippen LogP contribution in [-0.2, 0) is 11.3 Å². The van der Waals surface area contributed by atoms with Crippen LogP contribution in [0.2, 0.25) is 0 Å². The Labute approximate surface area is 194 Å². The van der Waals surface area contributed by atoms with Crippen molar-refractivity contribution in [1.82, 2.24) is 4.98 Å². The second kappa shape index (κ2) is 9.89. The molecule has 1 fully saturated rings. The molecule has 33 heavy (non-hydrogen) atoms. The van der Waals surface area contributed by atoms with Gasteiger partial charge in [0.1, 0.15) is 11.5 Å². The van der Waals surface area contributed by atoms with Crippen LogP contribution in [0.4, 0.5) is 0 Å². The van der Waals surface area contributed by atoms with E-state index in [1.807, 2.05) is 38.1 Å². The van der Waals surface area contributed by atoms with Crippen LogP contribution >= 0.6 is 0 Å². The highest BCUT2D eigenvalue weighted by Crippen LogP contribution is 2.37. The maximum absolute atomic E-state index is 11.8. The van der Waals surface area contributed by atoms with Crippen LogP contribution in [0.5, 0.6) is 0 Å². The molecule has 2 N–H and O–H groups in total. The van der Waals surface area contributed by atoms with Crippen molar-refractivity contribution in [3.05, 3.63) is 76.2 Å². The van der Waals surface area contributed by atoms with E-state index in [0.717, 1.165) is 36.3 Å². The molecule has 174 valence electrons. The van der Waals surface area contributed by atoms with Crippen molar-refractivity contribution in [2.45, 2.75) is 65.3 Å². The number of aliphatic hydroxyl groups excluding tert-OH is 1. The zero-order valence-corrected chi connectivity index (χ0v) is 19.4. The molecule has 1 aliphatic carbocycles. The van der Waals surface area contributed by atoms with E-state index in [2.05, 4.69) is 4.98 Å². The van der Waals surface area contributed by atoms with Gasteiger partial charge in [-0.1, -0.05) is 42.3 Å². The molecule has 4 rings (SSSR count). The number of nitrogens with zero attached hydrogens (tertiary/aromatic N) is 1. The highest BCUT2D eigenvalue weighted by atomic mass is 16.5. The Morgan fingerprint density at radius 1 is 1.15 bits per heavy atom. The Balaban J connectivity index is 1.42. The fraction of sp³-hybridized carbons (Fsp3) is 0.407. The lowest BCUT2D eigenvalue weighted by Crippen LogP contribution is -2.27. The summed E-state index contributed by atoms with van der Waals surface area (Å²) in [5, 5.41) is 20.7. The lowest BCUT2D eigenvalue weighted by Gasteiger charge is -2.32. The molecule has 0 saturated heterocycles. The van der Waals surface area contributed by atoms with E-state index in [-0.39, 0.29) is 17.6 Å². The van der Waals surface area contributed by atoms with Gasteiger partial charge in [0.2, 0.25) is 5.89 Å². The van der Waals surface area contributed by atoms with E-state index < -0.39 is 12.1 Å².